The van der Waals surface area contributed by atoms with Gasteiger partial charge in [0.05, 0.1) is 12.0 Å². The number of nitrogens with zero attached hydrogens (tertiary/aromatic N) is 3. The molecule has 25 heavy (non-hydrogen) atoms. The van der Waals surface area contributed by atoms with Crippen LogP contribution in [0.15, 0.2) is 48.5 Å². The Labute approximate surface area is 145 Å². The van der Waals surface area contributed by atoms with Crippen LogP contribution in [0.25, 0.3) is 0 Å². The second kappa shape index (κ2) is 7.21. The molecule has 2 aromatic carbocycles. The van der Waals surface area contributed by atoms with Gasteiger partial charge in [-0.25, -0.2) is 0 Å². The van der Waals surface area contributed by atoms with Gasteiger partial charge in [0.1, 0.15) is 0 Å². The monoisotopic (exact) mass is 341 g/mol. The van der Waals surface area contributed by atoms with E-state index in [1.165, 1.54) is 13.2 Å². The number of carbonyl (C=O) groups is 1. The minimum Gasteiger partial charge on any atom is -0.490 e. The highest BCUT2D eigenvalue weighted by Crippen LogP contribution is 2.31. The zero-order chi connectivity index (χ0) is 17.8. The number of methoxy groups -OCH3 is 1. The number of ether oxygens (including phenoxy) is 1. The maximum Gasteiger partial charge on any atom is 0.312 e. The Kier molecular flexibility index (Phi) is 4.83. The van der Waals surface area contributed by atoms with E-state index in [-0.39, 0.29) is 17.3 Å². The number of nitro benzene ring substituents is 1. The first-order valence-electron chi connectivity index (χ1n) is 8.02. The third-order valence-electron chi connectivity index (χ3n) is 4.31. The van der Waals surface area contributed by atoms with Gasteiger partial charge in [-0.1, -0.05) is 18.2 Å². The van der Waals surface area contributed by atoms with Crippen molar-refractivity contribution < 1.29 is 14.5 Å². The molecule has 0 atom stereocenters. The van der Waals surface area contributed by atoms with Gasteiger partial charge < -0.3 is 14.5 Å². The van der Waals surface area contributed by atoms with E-state index in [0.29, 0.717) is 31.7 Å². The van der Waals surface area contributed by atoms with E-state index >= 15 is 0 Å². The summed E-state index contributed by atoms with van der Waals surface area (Å²) in [5, 5.41) is 11.2. The van der Waals surface area contributed by atoms with Crippen LogP contribution >= 0.6 is 0 Å². The molecule has 130 valence electrons. The van der Waals surface area contributed by atoms with Crippen molar-refractivity contribution in [1.29, 1.82) is 0 Å². The van der Waals surface area contributed by atoms with Crippen molar-refractivity contribution in [2.24, 2.45) is 0 Å². The minimum absolute atomic E-state index is 0.0148. The van der Waals surface area contributed by atoms with Crippen LogP contribution in [0, 0.1) is 10.1 Å². The Morgan fingerprint density at radius 2 is 1.76 bits per heavy atom. The van der Waals surface area contributed by atoms with Crippen LogP contribution in [0.4, 0.5) is 11.4 Å². The molecule has 0 N–H and O–H groups in total. The number of anilines is 1. The first-order chi connectivity index (χ1) is 12.1. The zero-order valence-electron chi connectivity index (χ0n) is 13.9. The van der Waals surface area contributed by atoms with E-state index in [9.17, 15) is 14.9 Å². The van der Waals surface area contributed by atoms with Crippen LogP contribution in [0.5, 0.6) is 5.75 Å². The SMILES string of the molecule is COc1ccc(N2CCN(C(=O)c3ccccc3)CC2)cc1[N+](=O)[O-]. The van der Waals surface area contributed by atoms with E-state index < -0.39 is 4.92 Å². The summed E-state index contributed by atoms with van der Waals surface area (Å²) in [7, 11) is 1.41. The van der Waals surface area contributed by atoms with Crippen LogP contribution < -0.4 is 9.64 Å². The van der Waals surface area contributed by atoms with Gasteiger partial charge >= 0.3 is 5.69 Å². The summed E-state index contributed by atoms with van der Waals surface area (Å²) in [6, 6.07) is 14.1. The summed E-state index contributed by atoms with van der Waals surface area (Å²) in [5.41, 5.74) is 1.39. The van der Waals surface area contributed by atoms with Crippen molar-refractivity contribution in [3.05, 3.63) is 64.2 Å². The Bertz CT molecular complexity index is 771. The van der Waals surface area contributed by atoms with Gasteiger partial charge in [-0.3, -0.25) is 14.9 Å². The van der Waals surface area contributed by atoms with Crippen LogP contribution in [0.1, 0.15) is 10.4 Å². The second-order valence-corrected chi connectivity index (χ2v) is 5.76. The number of nitro groups is 1. The van der Waals surface area contributed by atoms with Crippen molar-refractivity contribution in [2.75, 3.05) is 38.2 Å². The van der Waals surface area contributed by atoms with Gasteiger partial charge in [-0.05, 0) is 24.3 Å². The average Bonchev–Trinajstić information content (AvgIpc) is 2.67. The molecule has 1 aliphatic rings. The number of piperazine rings is 1. The Morgan fingerprint density at radius 3 is 2.36 bits per heavy atom. The molecule has 0 aromatic heterocycles. The summed E-state index contributed by atoms with van der Waals surface area (Å²) in [5.74, 6) is 0.257. The fourth-order valence-corrected chi connectivity index (χ4v) is 2.95. The number of hydrogen-bond acceptors (Lipinski definition) is 5. The maximum absolute atomic E-state index is 12.5. The van der Waals surface area contributed by atoms with Crippen LogP contribution in [0.2, 0.25) is 0 Å². The minimum atomic E-state index is -0.447. The molecule has 1 saturated heterocycles. The van der Waals surface area contributed by atoms with Crippen molar-refractivity contribution >= 4 is 17.3 Å². The normalized spacial score (nSPS) is 14.3. The molecule has 2 aromatic rings. The second-order valence-electron chi connectivity index (χ2n) is 5.76. The van der Waals surface area contributed by atoms with Gasteiger partial charge in [0.15, 0.2) is 5.75 Å². The molecule has 1 fully saturated rings. The Balaban J connectivity index is 1.69. The van der Waals surface area contributed by atoms with Crippen molar-refractivity contribution in [3.63, 3.8) is 0 Å². The quantitative estimate of drug-likeness (QED) is 0.631. The Hall–Kier alpha value is -3.09. The number of hydrogen-bond donors (Lipinski definition) is 0. The fourth-order valence-electron chi connectivity index (χ4n) is 2.95. The molecule has 1 heterocycles. The Morgan fingerprint density at radius 1 is 1.08 bits per heavy atom. The molecular formula is C18H19N3O4. The lowest BCUT2D eigenvalue weighted by Crippen LogP contribution is -2.48. The predicted octanol–water partition coefficient (Wildman–Crippen LogP) is 2.57. The molecule has 0 aliphatic carbocycles. The van der Waals surface area contributed by atoms with Gasteiger partial charge in [-0.15, -0.1) is 0 Å². The van der Waals surface area contributed by atoms with E-state index in [1.807, 2.05) is 40.1 Å². The molecule has 0 spiro atoms. The summed E-state index contributed by atoms with van der Waals surface area (Å²) in [4.78, 5) is 27.0. The van der Waals surface area contributed by atoms with E-state index in [4.69, 9.17) is 4.74 Å². The number of rotatable bonds is 4. The average molecular weight is 341 g/mol. The highest BCUT2D eigenvalue weighted by atomic mass is 16.6. The standard InChI is InChI=1S/C18H19N3O4/c1-25-17-8-7-15(13-16(17)21(23)24)19-9-11-20(12-10-19)18(22)14-5-3-2-4-6-14/h2-8,13H,9-12H2,1H3. The molecule has 0 bridgehead atoms. The summed E-state index contributed by atoms with van der Waals surface area (Å²) in [6.45, 7) is 2.41. The lowest BCUT2D eigenvalue weighted by Gasteiger charge is -2.36. The molecule has 1 amide bonds. The molecular weight excluding hydrogens is 322 g/mol. The maximum atomic E-state index is 12.5. The van der Waals surface area contributed by atoms with Crippen molar-refractivity contribution in [1.82, 2.24) is 4.90 Å². The zero-order valence-corrected chi connectivity index (χ0v) is 13.9. The summed E-state index contributed by atoms with van der Waals surface area (Å²) in [6.07, 6.45) is 0. The molecule has 1 aliphatic heterocycles. The molecule has 0 saturated carbocycles. The number of carbonyl (C=O) groups excluding carboxylic acids is 1. The molecule has 7 heteroatoms. The number of benzene rings is 2. The highest BCUT2D eigenvalue weighted by Gasteiger charge is 2.24. The van der Waals surface area contributed by atoms with Crippen LogP contribution in [0.3, 0.4) is 0 Å². The van der Waals surface area contributed by atoms with E-state index in [1.54, 1.807) is 12.1 Å². The fraction of sp³-hybridized carbons (Fsp3) is 0.278. The van der Waals surface area contributed by atoms with E-state index in [2.05, 4.69) is 0 Å². The van der Waals surface area contributed by atoms with Crippen molar-refractivity contribution in [3.8, 4) is 5.75 Å². The molecule has 3 rings (SSSR count). The van der Waals surface area contributed by atoms with Crippen LogP contribution in [-0.4, -0.2) is 49.0 Å². The van der Waals surface area contributed by atoms with Crippen LogP contribution in [-0.2, 0) is 0 Å². The first-order valence-corrected chi connectivity index (χ1v) is 8.02. The smallest absolute Gasteiger partial charge is 0.312 e. The van der Waals surface area contributed by atoms with Gasteiger partial charge in [0, 0.05) is 43.5 Å². The third kappa shape index (κ3) is 3.55. The highest BCUT2D eigenvalue weighted by molar-refractivity contribution is 5.94. The lowest BCUT2D eigenvalue weighted by molar-refractivity contribution is -0.385. The number of amides is 1. The molecule has 0 radical (unpaired) electrons. The van der Waals surface area contributed by atoms with Gasteiger partial charge in [0.2, 0.25) is 0 Å². The summed E-state index contributed by atoms with van der Waals surface area (Å²) >= 11 is 0. The first kappa shape index (κ1) is 16.8. The molecule has 7 nitrogen and oxygen atoms in total. The topological polar surface area (TPSA) is 75.9 Å². The predicted molar refractivity (Wildman–Crippen MR) is 94.2 cm³/mol. The third-order valence-corrected chi connectivity index (χ3v) is 4.31. The van der Waals surface area contributed by atoms with Gasteiger partial charge in [-0.2, -0.15) is 0 Å². The lowest BCUT2D eigenvalue weighted by atomic mass is 10.1. The van der Waals surface area contributed by atoms with E-state index in [0.717, 1.165) is 5.69 Å². The summed E-state index contributed by atoms with van der Waals surface area (Å²) < 4.78 is 5.03. The largest absolute Gasteiger partial charge is 0.490 e. The molecule has 0 unspecified atom stereocenters. The van der Waals surface area contributed by atoms with Crippen molar-refractivity contribution in [2.45, 2.75) is 0 Å². The van der Waals surface area contributed by atoms with Gasteiger partial charge in [0.25, 0.3) is 5.91 Å².